The number of aromatic hydroxyl groups is 1. The molecule has 0 spiro atoms. The summed E-state index contributed by atoms with van der Waals surface area (Å²) in [5.41, 5.74) is 6.31. The van der Waals surface area contributed by atoms with E-state index >= 15 is 0 Å². The average Bonchev–Trinajstić information content (AvgIpc) is 2.96. The number of hydrogen-bond acceptors (Lipinski definition) is 8. The zero-order chi connectivity index (χ0) is 29.8. The van der Waals surface area contributed by atoms with Crippen molar-refractivity contribution < 1.29 is 34.8 Å². The molecule has 1 amide bonds. The third-order valence-corrected chi connectivity index (χ3v) is 8.71. The van der Waals surface area contributed by atoms with Gasteiger partial charge in [0.2, 0.25) is 5.78 Å². The Morgan fingerprint density at radius 1 is 0.905 bits per heavy atom. The molecule has 0 bridgehead atoms. The van der Waals surface area contributed by atoms with E-state index in [-0.39, 0.29) is 36.1 Å². The van der Waals surface area contributed by atoms with Gasteiger partial charge in [-0.25, -0.2) is 0 Å². The van der Waals surface area contributed by atoms with E-state index in [1.54, 1.807) is 6.07 Å². The summed E-state index contributed by atoms with van der Waals surface area (Å²) in [5, 5.41) is 47.7. The van der Waals surface area contributed by atoms with Crippen molar-refractivity contribution in [3.8, 4) is 16.9 Å². The maximum atomic E-state index is 13.7. The summed E-state index contributed by atoms with van der Waals surface area (Å²) in [7, 11) is 0. The van der Waals surface area contributed by atoms with Gasteiger partial charge < -0.3 is 31.5 Å². The molecule has 3 aromatic carbocycles. The van der Waals surface area contributed by atoms with Gasteiger partial charge >= 0.3 is 0 Å². The molecular weight excluding hydrogens is 536 g/mol. The molecule has 9 nitrogen and oxygen atoms in total. The van der Waals surface area contributed by atoms with Gasteiger partial charge in [-0.3, -0.25) is 14.4 Å². The number of phenols is 1. The molecule has 214 valence electrons. The van der Waals surface area contributed by atoms with Crippen LogP contribution in [0.3, 0.4) is 0 Å². The van der Waals surface area contributed by atoms with Crippen molar-refractivity contribution in [1.29, 1.82) is 0 Å². The Kier molecular flexibility index (Phi) is 6.71. The number of rotatable bonds is 6. The van der Waals surface area contributed by atoms with Crippen LogP contribution in [-0.4, -0.2) is 43.5 Å². The van der Waals surface area contributed by atoms with E-state index in [0.29, 0.717) is 12.1 Å². The molecule has 0 saturated heterocycles. The largest absolute Gasteiger partial charge is 0.508 e. The molecule has 7 N–H and O–H groups in total. The van der Waals surface area contributed by atoms with Gasteiger partial charge in [0.05, 0.1) is 5.56 Å². The van der Waals surface area contributed by atoms with Gasteiger partial charge in [-0.2, -0.15) is 0 Å². The second-order valence-electron chi connectivity index (χ2n) is 11.2. The van der Waals surface area contributed by atoms with Crippen LogP contribution in [0.25, 0.3) is 16.9 Å². The van der Waals surface area contributed by atoms with Crippen LogP contribution in [0.15, 0.2) is 83.6 Å². The Morgan fingerprint density at radius 3 is 2.24 bits per heavy atom. The van der Waals surface area contributed by atoms with Crippen molar-refractivity contribution in [1.82, 2.24) is 5.32 Å². The number of amides is 1. The van der Waals surface area contributed by atoms with Gasteiger partial charge in [0, 0.05) is 31.0 Å². The Labute approximate surface area is 241 Å². The molecule has 42 heavy (non-hydrogen) atoms. The quantitative estimate of drug-likeness (QED) is 0.247. The first kappa shape index (κ1) is 27.4. The molecule has 1 fully saturated rings. The van der Waals surface area contributed by atoms with Gasteiger partial charge in [0.15, 0.2) is 11.4 Å². The van der Waals surface area contributed by atoms with Crippen LogP contribution in [0, 0.1) is 11.8 Å². The monoisotopic (exact) mass is 566 g/mol. The first-order chi connectivity index (χ1) is 20.1. The Bertz CT molecular complexity index is 1690. The summed E-state index contributed by atoms with van der Waals surface area (Å²) < 4.78 is 0. The molecular formula is C33H30N2O7. The number of aliphatic hydroxyl groups is 3. The highest BCUT2D eigenvalue weighted by atomic mass is 16.3. The SMILES string of the molecule is NC(=O)C1=C(O)[C@@]2(O)C(=O)C3=C(O)c4c(O)ccc(-c5ccc(CNCc6ccccc6)cc5)c4C[C@H]3C[C@H]2CC1=O. The minimum atomic E-state index is -2.58. The number of fused-ring (bicyclic) bond motifs is 3. The van der Waals surface area contributed by atoms with Crippen molar-refractivity contribution in [3.63, 3.8) is 0 Å². The number of Topliss-reactive ketones (excluding diaryl/α,β-unsaturated/α-hetero) is 2. The fourth-order valence-corrected chi connectivity index (χ4v) is 6.64. The molecule has 3 aliphatic carbocycles. The molecule has 0 aliphatic heterocycles. The number of primary amides is 1. The summed E-state index contributed by atoms with van der Waals surface area (Å²) in [4.78, 5) is 38.1. The summed E-state index contributed by atoms with van der Waals surface area (Å²) in [6.07, 6.45) is -0.0167. The Balaban J connectivity index is 1.33. The molecule has 0 unspecified atom stereocenters. The summed E-state index contributed by atoms with van der Waals surface area (Å²) >= 11 is 0. The van der Waals surface area contributed by atoms with E-state index < -0.39 is 52.0 Å². The number of ketones is 2. The van der Waals surface area contributed by atoms with E-state index in [0.717, 1.165) is 23.2 Å². The lowest BCUT2D eigenvalue weighted by Crippen LogP contribution is -2.58. The smallest absolute Gasteiger partial charge is 0.255 e. The number of carbonyl (C=O) groups is 3. The van der Waals surface area contributed by atoms with Crippen LogP contribution in [0.4, 0.5) is 0 Å². The van der Waals surface area contributed by atoms with Crippen LogP contribution in [0.5, 0.6) is 5.75 Å². The van der Waals surface area contributed by atoms with E-state index in [1.165, 1.54) is 11.6 Å². The van der Waals surface area contributed by atoms with Crippen molar-refractivity contribution in [3.05, 3.63) is 106 Å². The van der Waals surface area contributed by atoms with Crippen LogP contribution in [-0.2, 0) is 33.9 Å². The predicted octanol–water partition coefficient (Wildman–Crippen LogP) is 3.38. The van der Waals surface area contributed by atoms with E-state index in [2.05, 4.69) is 17.4 Å². The predicted molar refractivity (Wildman–Crippen MR) is 154 cm³/mol. The molecule has 3 aromatic rings. The number of benzene rings is 3. The van der Waals surface area contributed by atoms with Crippen LogP contribution < -0.4 is 11.1 Å². The highest BCUT2D eigenvalue weighted by molar-refractivity contribution is 6.22. The topological polar surface area (TPSA) is 170 Å². The average molecular weight is 567 g/mol. The number of phenolic OH excluding ortho intramolecular Hbond substituents is 1. The van der Waals surface area contributed by atoms with E-state index in [4.69, 9.17) is 5.73 Å². The molecule has 3 atom stereocenters. The minimum Gasteiger partial charge on any atom is -0.508 e. The van der Waals surface area contributed by atoms with Crippen molar-refractivity contribution in [2.75, 3.05) is 0 Å². The first-order valence-corrected chi connectivity index (χ1v) is 13.8. The van der Waals surface area contributed by atoms with Gasteiger partial charge in [-0.05, 0) is 52.6 Å². The van der Waals surface area contributed by atoms with Crippen LogP contribution >= 0.6 is 0 Å². The number of nitrogens with one attached hydrogen (secondary N) is 1. The molecule has 9 heteroatoms. The lowest BCUT2D eigenvalue weighted by Gasteiger charge is -2.46. The molecule has 1 saturated carbocycles. The van der Waals surface area contributed by atoms with Gasteiger partial charge in [0.25, 0.3) is 5.91 Å². The van der Waals surface area contributed by atoms with E-state index in [9.17, 15) is 34.8 Å². The standard InChI is InChI=1S/C33H30N2O7/c34-32(41)28-25(37)14-21-12-20-13-23-22(19-8-6-18(7-9-19)16-35-15-17-4-2-1-3-5-17)10-11-24(36)27(23)29(38)26(20)30(39)33(21,42)31(28)40/h1-11,20-21,35-36,38,40,42H,12-16H2,(H2,34,41)/t20-,21+,33+/m1/s1. The Morgan fingerprint density at radius 2 is 1.57 bits per heavy atom. The van der Waals surface area contributed by atoms with Crippen LogP contribution in [0.2, 0.25) is 0 Å². The maximum absolute atomic E-state index is 13.7. The first-order valence-electron chi connectivity index (χ1n) is 13.8. The van der Waals surface area contributed by atoms with Crippen molar-refractivity contribution in [2.24, 2.45) is 17.6 Å². The minimum absolute atomic E-state index is 0.0771. The molecule has 3 aliphatic rings. The van der Waals surface area contributed by atoms with E-state index in [1.807, 2.05) is 42.5 Å². The lowest BCUT2D eigenvalue weighted by atomic mass is 9.59. The fraction of sp³-hybridized carbons (Fsp3) is 0.242. The van der Waals surface area contributed by atoms with Gasteiger partial charge in [-0.1, -0.05) is 60.7 Å². The number of aliphatic hydroxyl groups excluding tert-OH is 2. The second-order valence-corrected chi connectivity index (χ2v) is 11.2. The third kappa shape index (κ3) is 4.29. The lowest BCUT2D eigenvalue weighted by molar-refractivity contribution is -0.147. The zero-order valence-electron chi connectivity index (χ0n) is 22.6. The summed E-state index contributed by atoms with van der Waals surface area (Å²) in [6, 6.07) is 21.2. The third-order valence-electron chi connectivity index (χ3n) is 8.71. The number of hydrogen-bond donors (Lipinski definition) is 6. The Hall–Kier alpha value is -4.73. The molecule has 0 radical (unpaired) electrons. The second kappa shape index (κ2) is 10.3. The fourth-order valence-electron chi connectivity index (χ4n) is 6.64. The zero-order valence-corrected chi connectivity index (χ0v) is 22.6. The van der Waals surface area contributed by atoms with Gasteiger partial charge in [0.1, 0.15) is 22.8 Å². The highest BCUT2D eigenvalue weighted by Crippen LogP contribution is 2.53. The van der Waals surface area contributed by atoms with Crippen LogP contribution in [0.1, 0.15) is 35.1 Å². The van der Waals surface area contributed by atoms with Crippen molar-refractivity contribution >= 4 is 23.2 Å². The maximum Gasteiger partial charge on any atom is 0.255 e. The normalized spacial score (nSPS) is 23.4. The summed E-state index contributed by atoms with van der Waals surface area (Å²) in [5.74, 6) is -6.41. The van der Waals surface area contributed by atoms with Crippen molar-refractivity contribution in [2.45, 2.75) is 38.0 Å². The highest BCUT2D eigenvalue weighted by Gasteiger charge is 2.60. The number of nitrogens with two attached hydrogens (primary N) is 1. The van der Waals surface area contributed by atoms with Gasteiger partial charge in [-0.15, -0.1) is 0 Å². The number of carbonyl (C=O) groups excluding carboxylic acids is 3. The molecule has 6 rings (SSSR count). The molecule has 0 heterocycles. The molecule has 0 aromatic heterocycles. The summed E-state index contributed by atoms with van der Waals surface area (Å²) in [6.45, 7) is 1.41.